The Labute approximate surface area is 116 Å². The average Bonchev–Trinajstić information content (AvgIpc) is 2.39. The van der Waals surface area contributed by atoms with Crippen LogP contribution in [0.25, 0.3) is 0 Å². The monoisotopic (exact) mass is 275 g/mol. The van der Waals surface area contributed by atoms with Crippen LogP contribution < -0.4 is 5.32 Å². The fourth-order valence-electron chi connectivity index (χ4n) is 1.72. The van der Waals surface area contributed by atoms with E-state index in [9.17, 15) is 9.90 Å². The third kappa shape index (κ3) is 3.34. The number of rotatable bonds is 3. The van der Waals surface area contributed by atoms with E-state index in [1.165, 1.54) is 0 Å². The van der Waals surface area contributed by atoms with Gasteiger partial charge in [-0.15, -0.1) is 0 Å². The van der Waals surface area contributed by atoms with Crippen LogP contribution in [0.3, 0.4) is 0 Å². The molecule has 2 rings (SSSR count). The summed E-state index contributed by atoms with van der Waals surface area (Å²) in [5, 5.41) is 12.7. The van der Waals surface area contributed by atoms with Crippen molar-refractivity contribution in [3.63, 3.8) is 0 Å². The Balaban J connectivity index is 2.20. The van der Waals surface area contributed by atoms with Crippen molar-refractivity contribution >= 4 is 23.2 Å². The van der Waals surface area contributed by atoms with Crippen molar-refractivity contribution in [2.24, 2.45) is 0 Å². The summed E-state index contributed by atoms with van der Waals surface area (Å²) in [4.78, 5) is 12.1. The number of anilines is 1. The van der Waals surface area contributed by atoms with E-state index in [1.807, 2.05) is 0 Å². The molecule has 1 atom stereocenters. The quantitative estimate of drug-likeness (QED) is 0.898. The second kappa shape index (κ2) is 5.87. The van der Waals surface area contributed by atoms with Crippen LogP contribution in [-0.4, -0.2) is 11.0 Å². The number of nitrogens with one attached hydrogen (secondary N) is 1. The number of hydrogen-bond acceptors (Lipinski definition) is 2. The van der Waals surface area contributed by atoms with Crippen molar-refractivity contribution in [3.05, 3.63) is 64.7 Å². The van der Waals surface area contributed by atoms with Crippen LogP contribution in [0.15, 0.2) is 48.5 Å². The minimum absolute atomic E-state index is 0.270. The molecule has 4 heteroatoms. The lowest BCUT2D eigenvalue weighted by Crippen LogP contribution is -2.12. The predicted octanol–water partition coefficient (Wildman–Crippen LogP) is 3.65. The Hall–Kier alpha value is -1.84. The van der Waals surface area contributed by atoms with Gasteiger partial charge in [-0.3, -0.25) is 4.79 Å². The van der Waals surface area contributed by atoms with Gasteiger partial charge in [0, 0.05) is 5.69 Å². The number of hydrogen-bond donors (Lipinski definition) is 2. The summed E-state index contributed by atoms with van der Waals surface area (Å²) in [6.45, 7) is 1.68. The minimum Gasteiger partial charge on any atom is -0.389 e. The van der Waals surface area contributed by atoms with Crippen LogP contribution in [0, 0.1) is 0 Å². The van der Waals surface area contributed by atoms with Crippen LogP contribution in [-0.2, 0) is 0 Å². The van der Waals surface area contributed by atoms with E-state index in [-0.39, 0.29) is 5.91 Å². The number of halogens is 1. The molecule has 2 aromatic rings. The van der Waals surface area contributed by atoms with Gasteiger partial charge >= 0.3 is 0 Å². The van der Waals surface area contributed by atoms with Crippen molar-refractivity contribution in [2.45, 2.75) is 13.0 Å². The molecule has 0 bridgehead atoms. The molecule has 0 radical (unpaired) electrons. The molecule has 3 nitrogen and oxygen atoms in total. The summed E-state index contributed by atoms with van der Waals surface area (Å²) in [7, 11) is 0. The van der Waals surface area contributed by atoms with Gasteiger partial charge in [0.15, 0.2) is 0 Å². The Bertz CT molecular complexity index is 596. The molecule has 0 spiro atoms. The Morgan fingerprint density at radius 1 is 1.21 bits per heavy atom. The SMILES string of the molecule is C[C@@H](O)c1cccc(NC(=O)c2ccccc2Cl)c1. The van der Waals surface area contributed by atoms with Gasteiger partial charge in [0.1, 0.15) is 0 Å². The third-order valence-corrected chi connectivity index (χ3v) is 3.07. The maximum atomic E-state index is 12.1. The summed E-state index contributed by atoms with van der Waals surface area (Å²) in [5.41, 5.74) is 1.80. The molecule has 98 valence electrons. The van der Waals surface area contributed by atoms with E-state index < -0.39 is 6.10 Å². The van der Waals surface area contributed by atoms with Crippen LogP contribution >= 0.6 is 11.6 Å². The van der Waals surface area contributed by atoms with Crippen molar-refractivity contribution in [1.29, 1.82) is 0 Å². The number of carbonyl (C=O) groups is 1. The zero-order valence-electron chi connectivity index (χ0n) is 10.4. The molecule has 0 aliphatic rings. The highest BCUT2D eigenvalue weighted by Crippen LogP contribution is 2.20. The molecule has 0 saturated carbocycles. The lowest BCUT2D eigenvalue weighted by Gasteiger charge is -2.09. The van der Waals surface area contributed by atoms with Gasteiger partial charge in [0.25, 0.3) is 5.91 Å². The van der Waals surface area contributed by atoms with Crippen molar-refractivity contribution in [3.8, 4) is 0 Å². The molecule has 2 N–H and O–H groups in total. The molecule has 0 aliphatic heterocycles. The highest BCUT2D eigenvalue weighted by atomic mass is 35.5. The molecule has 0 aliphatic carbocycles. The van der Waals surface area contributed by atoms with Crippen LogP contribution in [0.5, 0.6) is 0 Å². The average molecular weight is 276 g/mol. The van der Waals surface area contributed by atoms with Gasteiger partial charge in [0.05, 0.1) is 16.7 Å². The van der Waals surface area contributed by atoms with Crippen LogP contribution in [0.2, 0.25) is 5.02 Å². The molecule has 19 heavy (non-hydrogen) atoms. The molecule has 1 amide bonds. The summed E-state index contributed by atoms with van der Waals surface area (Å²) in [6.07, 6.45) is -0.572. The highest BCUT2D eigenvalue weighted by Gasteiger charge is 2.10. The molecule has 0 unspecified atom stereocenters. The van der Waals surface area contributed by atoms with E-state index in [0.29, 0.717) is 16.3 Å². The second-order valence-corrected chi connectivity index (χ2v) is 4.64. The maximum Gasteiger partial charge on any atom is 0.257 e. The Kier molecular flexibility index (Phi) is 4.20. The number of aliphatic hydroxyl groups is 1. The van der Waals surface area contributed by atoms with Gasteiger partial charge in [-0.05, 0) is 36.8 Å². The van der Waals surface area contributed by atoms with Crippen molar-refractivity contribution < 1.29 is 9.90 Å². The van der Waals surface area contributed by atoms with Gasteiger partial charge in [-0.1, -0.05) is 35.9 Å². The first-order chi connectivity index (χ1) is 9.08. The standard InChI is InChI=1S/C15H14ClNO2/c1-10(18)11-5-4-6-12(9-11)17-15(19)13-7-2-3-8-14(13)16/h2-10,18H,1H3,(H,17,19)/t10-/m1/s1. The van der Waals surface area contributed by atoms with Gasteiger partial charge in [-0.2, -0.15) is 0 Å². The van der Waals surface area contributed by atoms with Crippen molar-refractivity contribution in [2.75, 3.05) is 5.32 Å². The van der Waals surface area contributed by atoms with Gasteiger partial charge in [-0.25, -0.2) is 0 Å². The zero-order chi connectivity index (χ0) is 13.8. The lowest BCUT2D eigenvalue weighted by atomic mass is 10.1. The first-order valence-electron chi connectivity index (χ1n) is 5.92. The largest absolute Gasteiger partial charge is 0.389 e. The van der Waals surface area contributed by atoms with Crippen LogP contribution in [0.1, 0.15) is 28.9 Å². The number of amides is 1. The fraction of sp³-hybridized carbons (Fsp3) is 0.133. The smallest absolute Gasteiger partial charge is 0.257 e. The Morgan fingerprint density at radius 3 is 2.63 bits per heavy atom. The number of carbonyl (C=O) groups excluding carboxylic acids is 1. The summed E-state index contributed by atoms with van der Waals surface area (Å²) in [6, 6.07) is 13.9. The van der Waals surface area contributed by atoms with E-state index in [0.717, 1.165) is 5.56 Å². The van der Waals surface area contributed by atoms with Crippen LogP contribution in [0.4, 0.5) is 5.69 Å². The molecule has 0 aromatic heterocycles. The van der Waals surface area contributed by atoms with Gasteiger partial charge in [0.2, 0.25) is 0 Å². The molecule has 0 fully saturated rings. The maximum absolute atomic E-state index is 12.1. The van der Waals surface area contributed by atoms with Crippen molar-refractivity contribution in [1.82, 2.24) is 0 Å². The summed E-state index contributed by atoms with van der Waals surface area (Å²) < 4.78 is 0. The Morgan fingerprint density at radius 2 is 1.95 bits per heavy atom. The normalized spacial score (nSPS) is 11.9. The molecular formula is C15H14ClNO2. The summed E-state index contributed by atoms with van der Waals surface area (Å²) in [5.74, 6) is -0.270. The van der Waals surface area contributed by atoms with E-state index >= 15 is 0 Å². The zero-order valence-corrected chi connectivity index (χ0v) is 11.2. The highest BCUT2D eigenvalue weighted by molar-refractivity contribution is 6.34. The topological polar surface area (TPSA) is 49.3 Å². The van der Waals surface area contributed by atoms with Gasteiger partial charge < -0.3 is 10.4 Å². The van der Waals surface area contributed by atoms with E-state index in [2.05, 4.69) is 5.32 Å². The molecule has 0 saturated heterocycles. The van der Waals surface area contributed by atoms with E-state index in [4.69, 9.17) is 11.6 Å². The molecule has 0 heterocycles. The first kappa shape index (κ1) is 13.6. The molecular weight excluding hydrogens is 262 g/mol. The predicted molar refractivity (Wildman–Crippen MR) is 76.5 cm³/mol. The van der Waals surface area contributed by atoms with E-state index in [1.54, 1.807) is 55.5 Å². The third-order valence-electron chi connectivity index (χ3n) is 2.75. The summed E-state index contributed by atoms with van der Waals surface area (Å²) >= 11 is 5.97. The lowest BCUT2D eigenvalue weighted by molar-refractivity contribution is 0.102. The fourth-order valence-corrected chi connectivity index (χ4v) is 1.94. The molecule has 2 aromatic carbocycles. The number of aliphatic hydroxyl groups excluding tert-OH is 1. The minimum atomic E-state index is -0.572. The number of benzene rings is 2. The second-order valence-electron chi connectivity index (χ2n) is 4.24. The first-order valence-corrected chi connectivity index (χ1v) is 6.29.